The lowest BCUT2D eigenvalue weighted by Gasteiger charge is -2.53. The average molecular weight is 481 g/mol. The van der Waals surface area contributed by atoms with Gasteiger partial charge in [0.25, 0.3) is 0 Å². The highest BCUT2D eigenvalue weighted by Crippen LogP contribution is 2.42. The second-order valence-electron chi connectivity index (χ2n) is 10.1. The Morgan fingerprint density at radius 3 is 2.29 bits per heavy atom. The maximum Gasteiger partial charge on any atom is 0.573 e. The predicted octanol–water partition coefficient (Wildman–Crippen LogP) is 2.56. The van der Waals surface area contributed by atoms with E-state index in [4.69, 9.17) is 0 Å². The third-order valence-corrected chi connectivity index (χ3v) is 7.84. The molecule has 0 aromatic heterocycles. The summed E-state index contributed by atoms with van der Waals surface area (Å²) in [6.07, 6.45) is 0.158. The second-order valence-corrected chi connectivity index (χ2v) is 10.1. The van der Waals surface area contributed by atoms with Crippen molar-refractivity contribution in [2.75, 3.05) is 26.7 Å². The predicted molar refractivity (Wildman–Crippen MR) is 117 cm³/mol. The Bertz CT molecular complexity index is 913. The van der Waals surface area contributed by atoms with Crippen molar-refractivity contribution in [1.29, 1.82) is 0 Å². The van der Waals surface area contributed by atoms with Crippen LogP contribution in [-0.4, -0.2) is 77.8 Å². The first kappa shape index (κ1) is 23.4. The average Bonchev–Trinajstić information content (AvgIpc) is 3.65. The van der Waals surface area contributed by atoms with Crippen LogP contribution in [0.15, 0.2) is 24.3 Å². The number of hydrogen-bond donors (Lipinski definition) is 1. The first-order valence-electron chi connectivity index (χ1n) is 12.1. The first-order valence-corrected chi connectivity index (χ1v) is 12.1. The van der Waals surface area contributed by atoms with Crippen LogP contribution in [0.25, 0.3) is 0 Å². The highest BCUT2D eigenvalue weighted by atomic mass is 19.4. The fourth-order valence-electron chi connectivity index (χ4n) is 5.85. The minimum absolute atomic E-state index is 0.00133. The van der Waals surface area contributed by atoms with Crippen molar-refractivity contribution >= 4 is 11.8 Å². The van der Waals surface area contributed by atoms with Gasteiger partial charge in [-0.25, -0.2) is 0 Å². The van der Waals surface area contributed by atoms with Gasteiger partial charge in [-0.15, -0.1) is 13.2 Å². The maximum absolute atomic E-state index is 13.0. The third kappa shape index (κ3) is 4.88. The number of rotatable bonds is 5. The van der Waals surface area contributed by atoms with Crippen LogP contribution in [0, 0.1) is 11.8 Å². The number of piperazine rings is 1. The number of nitrogens with zero attached hydrogens (tertiary/aromatic N) is 3. The van der Waals surface area contributed by atoms with Gasteiger partial charge in [0.15, 0.2) is 0 Å². The van der Waals surface area contributed by atoms with Crippen molar-refractivity contribution in [3.05, 3.63) is 29.8 Å². The van der Waals surface area contributed by atoms with Crippen LogP contribution >= 0.6 is 0 Å². The van der Waals surface area contributed by atoms with E-state index in [1.807, 2.05) is 4.90 Å². The largest absolute Gasteiger partial charge is 0.573 e. The van der Waals surface area contributed by atoms with E-state index < -0.39 is 18.2 Å². The molecule has 5 rings (SSSR count). The van der Waals surface area contributed by atoms with Crippen LogP contribution < -0.4 is 10.1 Å². The molecule has 1 N–H and O–H groups in total. The molecule has 186 valence electrons. The van der Waals surface area contributed by atoms with Crippen LogP contribution in [-0.2, 0) is 16.1 Å². The van der Waals surface area contributed by atoms with E-state index in [9.17, 15) is 22.8 Å². The second kappa shape index (κ2) is 9.03. The fourth-order valence-corrected chi connectivity index (χ4v) is 5.85. The Balaban J connectivity index is 1.19. The number of halogens is 3. The Morgan fingerprint density at radius 2 is 1.68 bits per heavy atom. The number of alkyl halides is 3. The zero-order chi connectivity index (χ0) is 24.0. The lowest BCUT2D eigenvalue weighted by Crippen LogP contribution is -2.73. The summed E-state index contributed by atoms with van der Waals surface area (Å²) in [5.41, 5.74) is 0.902. The number of nitrogens with one attached hydrogen (secondary N) is 1. The highest BCUT2D eigenvalue weighted by molar-refractivity contribution is 6.35. The van der Waals surface area contributed by atoms with Crippen LogP contribution in [0.5, 0.6) is 5.75 Å². The molecular weight excluding hydrogens is 449 g/mol. The van der Waals surface area contributed by atoms with E-state index in [1.165, 1.54) is 25.0 Å². The van der Waals surface area contributed by atoms with Gasteiger partial charge in [0.05, 0.1) is 6.04 Å². The normalized spacial score (nSPS) is 29.4. The van der Waals surface area contributed by atoms with Gasteiger partial charge in [-0.1, -0.05) is 12.1 Å². The number of hydrogen-bond acceptors (Lipinski definition) is 5. The van der Waals surface area contributed by atoms with Crippen molar-refractivity contribution in [1.82, 2.24) is 20.0 Å². The Kier molecular flexibility index (Phi) is 6.22. The number of amides is 2. The van der Waals surface area contributed by atoms with E-state index in [0.29, 0.717) is 12.5 Å². The lowest BCUT2D eigenvalue weighted by molar-refractivity contribution is -0.274. The molecule has 0 bridgehead atoms. The van der Waals surface area contributed by atoms with Gasteiger partial charge < -0.3 is 14.5 Å². The number of ether oxygens (including phenoxy) is 1. The summed E-state index contributed by atoms with van der Waals surface area (Å²) in [5, 5.41) is 3.60. The Hall–Kier alpha value is -2.33. The summed E-state index contributed by atoms with van der Waals surface area (Å²) in [7, 11) is 1.75. The number of likely N-dealkylation sites (N-methyl/N-ethyl adjacent to an activating group) is 1. The van der Waals surface area contributed by atoms with E-state index in [-0.39, 0.29) is 24.0 Å². The van der Waals surface area contributed by atoms with E-state index in [2.05, 4.69) is 15.0 Å². The van der Waals surface area contributed by atoms with Crippen LogP contribution in [0.3, 0.4) is 0 Å². The molecule has 3 heterocycles. The van der Waals surface area contributed by atoms with Gasteiger partial charge in [-0.05, 0) is 61.6 Å². The molecule has 34 heavy (non-hydrogen) atoms. The first-order chi connectivity index (χ1) is 16.2. The highest BCUT2D eigenvalue weighted by Gasteiger charge is 2.51. The Morgan fingerprint density at radius 1 is 1.00 bits per heavy atom. The van der Waals surface area contributed by atoms with Crippen molar-refractivity contribution < 1.29 is 27.5 Å². The SMILES string of the molecule is CN1C(=O)C(=O)N(C2CCN(Cc3ccc(OC(F)(F)F)cc3)CC2)C2NCC(C3CC3)CC21. The fraction of sp³-hybridized carbons (Fsp3) is 0.667. The van der Waals surface area contributed by atoms with E-state index >= 15 is 0 Å². The summed E-state index contributed by atoms with van der Waals surface area (Å²) < 4.78 is 41.0. The summed E-state index contributed by atoms with van der Waals surface area (Å²) >= 11 is 0. The van der Waals surface area contributed by atoms with Gasteiger partial charge in [-0.2, -0.15) is 0 Å². The molecule has 1 aliphatic carbocycles. The summed E-state index contributed by atoms with van der Waals surface area (Å²) in [5.74, 6) is 0.260. The number of likely N-dealkylation sites (tertiary alicyclic amines) is 1. The standard InChI is InChI=1S/C24H31F3N4O3/c1-29-20-12-17(16-4-5-16)13-28-21(20)31(23(33)22(29)32)18-8-10-30(11-9-18)14-15-2-6-19(7-3-15)34-24(25,26)27/h2-3,6-7,16-18,20-21,28H,4-5,8-14H2,1H3. The van der Waals surface area contributed by atoms with E-state index in [1.54, 1.807) is 24.1 Å². The smallest absolute Gasteiger partial charge is 0.406 e. The molecule has 3 saturated heterocycles. The molecule has 10 heteroatoms. The van der Waals surface area contributed by atoms with Crippen LogP contribution in [0.1, 0.15) is 37.7 Å². The van der Waals surface area contributed by atoms with Gasteiger partial charge in [0, 0.05) is 39.3 Å². The lowest BCUT2D eigenvalue weighted by atomic mass is 9.86. The number of carbonyl (C=O) groups is 2. The summed E-state index contributed by atoms with van der Waals surface area (Å²) in [6.45, 7) is 3.01. The number of benzene rings is 1. The van der Waals surface area contributed by atoms with Gasteiger partial charge in [-0.3, -0.25) is 19.8 Å². The van der Waals surface area contributed by atoms with Crippen molar-refractivity contribution in [3.63, 3.8) is 0 Å². The molecule has 4 fully saturated rings. The molecule has 1 aromatic carbocycles. The zero-order valence-corrected chi connectivity index (χ0v) is 19.3. The maximum atomic E-state index is 13.0. The molecule has 3 aliphatic heterocycles. The molecule has 4 aliphatic rings. The molecule has 7 nitrogen and oxygen atoms in total. The molecule has 2 amide bonds. The monoisotopic (exact) mass is 480 g/mol. The molecular formula is C24H31F3N4O3. The van der Waals surface area contributed by atoms with Gasteiger partial charge in [0.1, 0.15) is 11.9 Å². The van der Waals surface area contributed by atoms with Gasteiger partial charge in [0.2, 0.25) is 0 Å². The van der Waals surface area contributed by atoms with Crippen molar-refractivity contribution in [2.24, 2.45) is 11.8 Å². The van der Waals surface area contributed by atoms with Crippen LogP contribution in [0.2, 0.25) is 0 Å². The number of carbonyl (C=O) groups excluding carboxylic acids is 2. The molecule has 0 radical (unpaired) electrons. The molecule has 0 spiro atoms. The van der Waals surface area contributed by atoms with Crippen LogP contribution in [0.4, 0.5) is 13.2 Å². The number of fused-ring (bicyclic) bond motifs is 1. The molecule has 3 unspecified atom stereocenters. The molecule has 3 atom stereocenters. The zero-order valence-electron chi connectivity index (χ0n) is 19.3. The Labute approximate surface area is 197 Å². The summed E-state index contributed by atoms with van der Waals surface area (Å²) in [6, 6.07) is 5.95. The van der Waals surface area contributed by atoms with Crippen molar-refractivity contribution in [2.45, 2.75) is 63.3 Å². The third-order valence-electron chi connectivity index (χ3n) is 7.84. The molecule has 1 aromatic rings. The minimum Gasteiger partial charge on any atom is -0.406 e. The van der Waals surface area contributed by atoms with Crippen molar-refractivity contribution in [3.8, 4) is 5.75 Å². The quantitative estimate of drug-likeness (QED) is 0.657. The minimum atomic E-state index is -4.70. The number of piperidine rings is 2. The topological polar surface area (TPSA) is 65.1 Å². The molecule has 1 saturated carbocycles. The summed E-state index contributed by atoms with van der Waals surface area (Å²) in [4.78, 5) is 31.5. The van der Waals surface area contributed by atoms with E-state index in [0.717, 1.165) is 50.4 Å². The van der Waals surface area contributed by atoms with Gasteiger partial charge >= 0.3 is 18.2 Å².